The predicted molar refractivity (Wildman–Crippen MR) is 119 cm³/mol. The number of para-hydroxylation sites is 1. The number of nitrogens with zero attached hydrogens (tertiary/aromatic N) is 1. The summed E-state index contributed by atoms with van der Waals surface area (Å²) in [5, 5.41) is 12.7. The van der Waals surface area contributed by atoms with Gasteiger partial charge in [0.1, 0.15) is 24.0 Å². The van der Waals surface area contributed by atoms with Gasteiger partial charge in [0.05, 0.1) is 6.10 Å². The van der Waals surface area contributed by atoms with E-state index >= 15 is 0 Å². The third-order valence-electron chi connectivity index (χ3n) is 4.73. The van der Waals surface area contributed by atoms with Gasteiger partial charge in [0, 0.05) is 22.8 Å². The number of pyridine rings is 1. The topological polar surface area (TPSA) is 68.7 Å². The van der Waals surface area contributed by atoms with Crippen LogP contribution >= 0.6 is 11.3 Å². The molecule has 31 heavy (non-hydrogen) atoms. The largest absolute Gasteiger partial charge is 0.460 e. The maximum atomic E-state index is 12.9. The predicted octanol–water partition coefficient (Wildman–Crippen LogP) is 5.50. The Labute approximate surface area is 184 Å². The van der Waals surface area contributed by atoms with Crippen LogP contribution in [0.3, 0.4) is 0 Å². The monoisotopic (exact) mass is 431 g/mol. The second-order valence-corrected chi connectivity index (χ2v) is 7.87. The van der Waals surface area contributed by atoms with Crippen LogP contribution in [0.15, 0.2) is 96.6 Å². The van der Waals surface area contributed by atoms with Gasteiger partial charge in [0.2, 0.25) is 0 Å². The van der Waals surface area contributed by atoms with Crippen molar-refractivity contribution in [2.75, 3.05) is 0 Å². The summed E-state index contributed by atoms with van der Waals surface area (Å²) >= 11 is 1.41. The first-order valence-electron chi connectivity index (χ1n) is 9.80. The first-order chi connectivity index (χ1) is 15.2. The van der Waals surface area contributed by atoms with Gasteiger partial charge in [-0.25, -0.2) is 0 Å². The summed E-state index contributed by atoms with van der Waals surface area (Å²) in [5.41, 5.74) is 1.40. The molecule has 0 aliphatic rings. The van der Waals surface area contributed by atoms with Crippen LogP contribution in [-0.2, 0) is 16.1 Å². The second kappa shape index (κ2) is 10.0. The summed E-state index contributed by atoms with van der Waals surface area (Å²) in [4.78, 5) is 17.7. The third kappa shape index (κ3) is 5.36. The van der Waals surface area contributed by atoms with Gasteiger partial charge in [-0.1, -0.05) is 42.5 Å². The van der Waals surface area contributed by atoms with Gasteiger partial charge in [-0.3, -0.25) is 9.78 Å². The van der Waals surface area contributed by atoms with Crippen LogP contribution in [-0.4, -0.2) is 16.1 Å². The van der Waals surface area contributed by atoms with Gasteiger partial charge >= 0.3 is 5.97 Å². The molecule has 2 aromatic carbocycles. The van der Waals surface area contributed by atoms with Crippen LogP contribution in [0, 0.1) is 0 Å². The Bertz CT molecular complexity index is 1080. The van der Waals surface area contributed by atoms with Gasteiger partial charge in [-0.2, -0.15) is 0 Å². The Hall–Kier alpha value is -3.48. The number of aliphatic hydroxyl groups is 1. The summed E-state index contributed by atoms with van der Waals surface area (Å²) in [6.07, 6.45) is 2.14. The lowest BCUT2D eigenvalue weighted by Crippen LogP contribution is -2.22. The van der Waals surface area contributed by atoms with Crippen molar-refractivity contribution < 1.29 is 19.4 Å². The number of rotatable bonds is 8. The molecule has 0 spiro atoms. The van der Waals surface area contributed by atoms with Crippen LogP contribution < -0.4 is 4.74 Å². The number of carbonyl (C=O) groups excluding carboxylic acids is 1. The maximum Gasteiger partial charge on any atom is 0.317 e. The fourth-order valence-corrected chi connectivity index (χ4v) is 3.98. The molecular formula is C25H21NO4S. The molecule has 2 unspecified atom stereocenters. The number of hydrogen-bond acceptors (Lipinski definition) is 6. The molecular weight excluding hydrogens is 410 g/mol. The smallest absolute Gasteiger partial charge is 0.317 e. The Morgan fingerprint density at radius 3 is 2.39 bits per heavy atom. The van der Waals surface area contributed by atoms with Gasteiger partial charge in [-0.05, 0) is 47.3 Å². The summed E-state index contributed by atoms with van der Waals surface area (Å²) in [5.74, 6) is 0.155. The number of carbonyl (C=O) groups is 1. The van der Waals surface area contributed by atoms with Crippen LogP contribution in [0.2, 0.25) is 0 Å². The van der Waals surface area contributed by atoms with Crippen LogP contribution in [0.1, 0.15) is 28.0 Å². The Morgan fingerprint density at radius 2 is 1.71 bits per heavy atom. The van der Waals surface area contributed by atoms with Crippen molar-refractivity contribution in [3.8, 4) is 11.5 Å². The van der Waals surface area contributed by atoms with E-state index in [0.29, 0.717) is 11.3 Å². The number of hydrogen-bond donors (Lipinski definition) is 1. The Balaban J connectivity index is 1.42. The minimum absolute atomic E-state index is 0.103. The van der Waals surface area contributed by atoms with E-state index < -0.39 is 18.0 Å². The molecule has 2 atom stereocenters. The van der Waals surface area contributed by atoms with Crippen molar-refractivity contribution in [2.45, 2.75) is 18.6 Å². The zero-order valence-corrected chi connectivity index (χ0v) is 17.4. The van der Waals surface area contributed by atoms with Crippen LogP contribution in [0.4, 0.5) is 0 Å². The molecule has 4 rings (SSSR count). The lowest BCUT2D eigenvalue weighted by molar-refractivity contribution is -0.149. The fraction of sp³-hybridized carbons (Fsp3) is 0.120. The number of ether oxygens (including phenoxy) is 2. The van der Waals surface area contributed by atoms with Crippen molar-refractivity contribution in [3.63, 3.8) is 0 Å². The van der Waals surface area contributed by atoms with E-state index in [1.807, 2.05) is 72.1 Å². The molecule has 1 N–H and O–H groups in total. The molecule has 6 heteroatoms. The van der Waals surface area contributed by atoms with Crippen molar-refractivity contribution in [1.29, 1.82) is 0 Å². The van der Waals surface area contributed by atoms with E-state index in [1.165, 1.54) is 11.3 Å². The molecule has 0 fully saturated rings. The minimum atomic E-state index is -1.04. The normalized spacial score (nSPS) is 12.7. The van der Waals surface area contributed by atoms with Gasteiger partial charge in [0.25, 0.3) is 0 Å². The molecule has 0 saturated heterocycles. The molecule has 0 aliphatic heterocycles. The molecule has 2 heterocycles. The molecule has 0 aliphatic carbocycles. The molecule has 4 aromatic rings. The Morgan fingerprint density at radius 1 is 0.935 bits per heavy atom. The standard InChI is InChI=1S/C25H21NO4S/c27-24(19-6-4-14-26-16-19)23(22-9-5-15-31-22)25(28)29-17-18-10-12-21(13-11-18)30-20-7-2-1-3-8-20/h1-16,23-24,27H,17H2. The third-order valence-corrected chi connectivity index (χ3v) is 5.68. The molecule has 0 amide bonds. The highest BCUT2D eigenvalue weighted by molar-refractivity contribution is 7.10. The highest BCUT2D eigenvalue weighted by Gasteiger charge is 2.32. The molecule has 0 saturated carbocycles. The minimum Gasteiger partial charge on any atom is -0.460 e. The van der Waals surface area contributed by atoms with E-state index in [4.69, 9.17) is 9.47 Å². The van der Waals surface area contributed by atoms with E-state index in [-0.39, 0.29) is 6.61 Å². The van der Waals surface area contributed by atoms with Crippen molar-refractivity contribution in [2.24, 2.45) is 0 Å². The first-order valence-corrected chi connectivity index (χ1v) is 10.7. The average molecular weight is 432 g/mol. The van der Waals surface area contributed by atoms with Gasteiger partial charge < -0.3 is 14.6 Å². The molecule has 2 aromatic heterocycles. The quantitative estimate of drug-likeness (QED) is 0.373. The molecule has 156 valence electrons. The van der Waals surface area contributed by atoms with Crippen molar-refractivity contribution in [1.82, 2.24) is 4.98 Å². The number of esters is 1. The summed E-state index contributed by atoms with van der Waals surface area (Å²) in [6.45, 7) is 0.103. The Kier molecular flexibility index (Phi) is 6.72. The number of benzene rings is 2. The summed E-state index contributed by atoms with van der Waals surface area (Å²) in [7, 11) is 0. The average Bonchev–Trinajstić information content (AvgIpc) is 3.34. The maximum absolute atomic E-state index is 12.9. The molecule has 0 radical (unpaired) electrons. The zero-order chi connectivity index (χ0) is 21.5. The van der Waals surface area contributed by atoms with E-state index in [0.717, 1.165) is 16.2 Å². The number of aromatic nitrogens is 1. The van der Waals surface area contributed by atoms with E-state index in [9.17, 15) is 9.90 Å². The van der Waals surface area contributed by atoms with Gasteiger partial charge in [0.15, 0.2) is 0 Å². The van der Waals surface area contributed by atoms with Crippen molar-refractivity contribution >= 4 is 17.3 Å². The number of aliphatic hydroxyl groups excluding tert-OH is 1. The van der Waals surface area contributed by atoms with E-state index in [2.05, 4.69) is 4.98 Å². The fourth-order valence-electron chi connectivity index (χ4n) is 3.13. The lowest BCUT2D eigenvalue weighted by Gasteiger charge is -2.21. The first kappa shape index (κ1) is 20.8. The van der Waals surface area contributed by atoms with Crippen LogP contribution in [0.25, 0.3) is 0 Å². The number of thiophene rings is 1. The molecule has 5 nitrogen and oxygen atoms in total. The van der Waals surface area contributed by atoms with Crippen LogP contribution in [0.5, 0.6) is 11.5 Å². The van der Waals surface area contributed by atoms with Gasteiger partial charge in [-0.15, -0.1) is 11.3 Å². The zero-order valence-electron chi connectivity index (χ0n) is 16.6. The highest BCUT2D eigenvalue weighted by atomic mass is 32.1. The molecule has 0 bridgehead atoms. The summed E-state index contributed by atoms with van der Waals surface area (Å²) < 4.78 is 11.3. The van der Waals surface area contributed by atoms with Crippen molar-refractivity contribution in [3.05, 3.63) is 113 Å². The summed E-state index contributed by atoms with van der Waals surface area (Å²) in [6, 6.07) is 24.0. The second-order valence-electron chi connectivity index (χ2n) is 6.89. The highest BCUT2D eigenvalue weighted by Crippen LogP contribution is 2.34. The SMILES string of the molecule is O=C(OCc1ccc(Oc2ccccc2)cc1)C(c1cccs1)C(O)c1cccnc1. The van der Waals surface area contributed by atoms with E-state index in [1.54, 1.807) is 24.5 Å². The lowest BCUT2D eigenvalue weighted by atomic mass is 9.95.